The van der Waals surface area contributed by atoms with Crippen LogP contribution in [0.4, 0.5) is 0 Å². The molecule has 0 aliphatic rings. The molecule has 0 bridgehead atoms. The summed E-state index contributed by atoms with van der Waals surface area (Å²) in [6.45, 7) is 8.35. The number of amides is 1. The van der Waals surface area contributed by atoms with E-state index in [0.29, 0.717) is 5.92 Å². The second kappa shape index (κ2) is 6.70. The van der Waals surface area contributed by atoms with Crippen molar-refractivity contribution in [1.82, 2.24) is 5.32 Å². The third-order valence-corrected chi connectivity index (χ3v) is 3.75. The van der Waals surface area contributed by atoms with E-state index in [1.807, 2.05) is 31.2 Å². The molecule has 1 aromatic carbocycles. The zero-order chi connectivity index (χ0) is 12.8. The summed E-state index contributed by atoms with van der Waals surface area (Å²) in [5.74, 6) is 1.46. The van der Waals surface area contributed by atoms with Gasteiger partial charge in [-0.15, -0.1) is 11.8 Å². The Bertz CT molecular complexity index is 376. The minimum Gasteiger partial charge on any atom is -0.349 e. The predicted octanol–water partition coefficient (Wildman–Crippen LogP) is 3.57. The Labute approximate surface area is 108 Å². The molecule has 0 fully saturated rings. The molecule has 1 N–H and O–H groups in total. The molecule has 0 aliphatic heterocycles. The molecule has 0 aliphatic carbocycles. The van der Waals surface area contributed by atoms with Gasteiger partial charge in [0.05, 0.1) is 5.56 Å². The molecule has 3 heteroatoms. The van der Waals surface area contributed by atoms with E-state index in [2.05, 4.69) is 26.1 Å². The largest absolute Gasteiger partial charge is 0.349 e. The average molecular weight is 251 g/mol. The Hall–Kier alpha value is -0.960. The normalized spacial score (nSPS) is 12.5. The Morgan fingerprint density at radius 3 is 2.53 bits per heavy atom. The fraction of sp³-hybridized carbons (Fsp3) is 0.500. The first kappa shape index (κ1) is 14.1. The lowest BCUT2D eigenvalue weighted by atomic mass is 10.1. The van der Waals surface area contributed by atoms with Crippen LogP contribution in [0.15, 0.2) is 29.2 Å². The van der Waals surface area contributed by atoms with Crippen molar-refractivity contribution < 1.29 is 4.79 Å². The number of thioether (sulfide) groups is 1. The van der Waals surface area contributed by atoms with Gasteiger partial charge in [0.1, 0.15) is 0 Å². The van der Waals surface area contributed by atoms with Crippen LogP contribution in [-0.2, 0) is 0 Å². The zero-order valence-electron chi connectivity index (χ0n) is 11.0. The van der Waals surface area contributed by atoms with Crippen molar-refractivity contribution in [3.63, 3.8) is 0 Å². The Balaban J connectivity index is 2.81. The maximum atomic E-state index is 12.1. The highest BCUT2D eigenvalue weighted by atomic mass is 32.2. The number of carbonyl (C=O) groups is 1. The van der Waals surface area contributed by atoms with E-state index in [1.54, 1.807) is 11.8 Å². The first-order chi connectivity index (χ1) is 8.06. The summed E-state index contributed by atoms with van der Waals surface area (Å²) in [5, 5.41) is 3.04. The van der Waals surface area contributed by atoms with Gasteiger partial charge in [-0.2, -0.15) is 0 Å². The monoisotopic (exact) mass is 251 g/mol. The lowest BCUT2D eigenvalue weighted by Gasteiger charge is -2.18. The molecule has 1 aromatic rings. The van der Waals surface area contributed by atoms with E-state index in [9.17, 15) is 4.79 Å². The van der Waals surface area contributed by atoms with Gasteiger partial charge < -0.3 is 5.32 Å². The molecule has 1 unspecified atom stereocenters. The molecule has 1 rings (SSSR count). The number of carbonyl (C=O) groups excluding carboxylic acids is 1. The van der Waals surface area contributed by atoms with Crippen molar-refractivity contribution in [1.29, 1.82) is 0 Å². The second-order valence-electron chi connectivity index (χ2n) is 4.44. The standard InChI is InChI=1S/C14H21NOS/c1-5-17-13-9-7-6-8-12(13)14(16)15-11(4)10(2)3/h6-11H,5H2,1-4H3,(H,15,16). The van der Waals surface area contributed by atoms with Gasteiger partial charge in [-0.1, -0.05) is 32.9 Å². The fourth-order valence-corrected chi connectivity index (χ4v) is 2.19. The summed E-state index contributed by atoms with van der Waals surface area (Å²) in [7, 11) is 0. The minimum absolute atomic E-state index is 0.0303. The van der Waals surface area contributed by atoms with Crippen molar-refractivity contribution >= 4 is 17.7 Å². The summed E-state index contributed by atoms with van der Waals surface area (Å²) < 4.78 is 0. The van der Waals surface area contributed by atoms with Crippen molar-refractivity contribution in [2.24, 2.45) is 5.92 Å². The van der Waals surface area contributed by atoms with Crippen LogP contribution in [0.3, 0.4) is 0 Å². The maximum absolute atomic E-state index is 12.1. The lowest BCUT2D eigenvalue weighted by molar-refractivity contribution is 0.0927. The average Bonchev–Trinajstić information content (AvgIpc) is 2.29. The van der Waals surface area contributed by atoms with E-state index >= 15 is 0 Å². The predicted molar refractivity (Wildman–Crippen MR) is 74.6 cm³/mol. The maximum Gasteiger partial charge on any atom is 0.252 e. The van der Waals surface area contributed by atoms with E-state index < -0.39 is 0 Å². The van der Waals surface area contributed by atoms with E-state index in [-0.39, 0.29) is 11.9 Å². The Morgan fingerprint density at radius 1 is 1.29 bits per heavy atom. The third-order valence-electron chi connectivity index (χ3n) is 2.79. The minimum atomic E-state index is 0.0303. The SMILES string of the molecule is CCSc1ccccc1C(=O)NC(C)C(C)C. The summed E-state index contributed by atoms with van der Waals surface area (Å²) in [5.41, 5.74) is 0.784. The Morgan fingerprint density at radius 2 is 1.94 bits per heavy atom. The molecule has 1 atom stereocenters. The quantitative estimate of drug-likeness (QED) is 0.811. The molecule has 0 saturated heterocycles. The van der Waals surface area contributed by atoms with Crippen LogP contribution in [0.2, 0.25) is 0 Å². The molecule has 17 heavy (non-hydrogen) atoms. The van der Waals surface area contributed by atoms with Gasteiger partial charge >= 0.3 is 0 Å². The number of hydrogen-bond donors (Lipinski definition) is 1. The van der Waals surface area contributed by atoms with Crippen LogP contribution in [-0.4, -0.2) is 17.7 Å². The van der Waals surface area contributed by atoms with Gasteiger partial charge in [0.25, 0.3) is 5.91 Å². The van der Waals surface area contributed by atoms with Crippen LogP contribution in [0, 0.1) is 5.92 Å². The van der Waals surface area contributed by atoms with E-state index in [0.717, 1.165) is 16.2 Å². The Kier molecular flexibility index (Phi) is 5.56. The van der Waals surface area contributed by atoms with Gasteiger partial charge in [-0.25, -0.2) is 0 Å². The number of hydrogen-bond acceptors (Lipinski definition) is 2. The van der Waals surface area contributed by atoms with Gasteiger partial charge in [0, 0.05) is 10.9 Å². The van der Waals surface area contributed by atoms with Gasteiger partial charge in [0.15, 0.2) is 0 Å². The molecule has 0 spiro atoms. The fourth-order valence-electron chi connectivity index (χ4n) is 1.39. The summed E-state index contributed by atoms with van der Waals surface area (Å²) >= 11 is 1.70. The van der Waals surface area contributed by atoms with Gasteiger partial charge in [-0.05, 0) is 30.7 Å². The first-order valence-corrected chi connectivity index (χ1v) is 7.07. The summed E-state index contributed by atoms with van der Waals surface area (Å²) in [4.78, 5) is 13.2. The van der Waals surface area contributed by atoms with Crippen LogP contribution < -0.4 is 5.32 Å². The highest BCUT2D eigenvalue weighted by Gasteiger charge is 2.15. The molecule has 94 valence electrons. The van der Waals surface area contributed by atoms with Gasteiger partial charge in [-0.3, -0.25) is 4.79 Å². The van der Waals surface area contributed by atoms with Gasteiger partial charge in [0.2, 0.25) is 0 Å². The zero-order valence-corrected chi connectivity index (χ0v) is 11.8. The highest BCUT2D eigenvalue weighted by Crippen LogP contribution is 2.22. The number of benzene rings is 1. The molecule has 0 heterocycles. The van der Waals surface area contributed by atoms with Crippen LogP contribution in [0.1, 0.15) is 38.1 Å². The van der Waals surface area contributed by atoms with Crippen LogP contribution >= 0.6 is 11.8 Å². The molecular weight excluding hydrogens is 230 g/mol. The molecule has 0 radical (unpaired) electrons. The van der Waals surface area contributed by atoms with Crippen LogP contribution in [0.25, 0.3) is 0 Å². The number of nitrogens with one attached hydrogen (secondary N) is 1. The van der Waals surface area contributed by atoms with Crippen molar-refractivity contribution in [2.75, 3.05) is 5.75 Å². The molecule has 2 nitrogen and oxygen atoms in total. The van der Waals surface area contributed by atoms with E-state index in [4.69, 9.17) is 0 Å². The third kappa shape index (κ3) is 4.08. The molecule has 0 aromatic heterocycles. The van der Waals surface area contributed by atoms with Crippen molar-refractivity contribution in [2.45, 2.75) is 38.6 Å². The summed E-state index contributed by atoms with van der Waals surface area (Å²) in [6.07, 6.45) is 0. The smallest absolute Gasteiger partial charge is 0.252 e. The summed E-state index contributed by atoms with van der Waals surface area (Å²) in [6, 6.07) is 7.97. The topological polar surface area (TPSA) is 29.1 Å². The lowest BCUT2D eigenvalue weighted by Crippen LogP contribution is -2.36. The highest BCUT2D eigenvalue weighted by molar-refractivity contribution is 7.99. The van der Waals surface area contributed by atoms with E-state index in [1.165, 1.54) is 0 Å². The van der Waals surface area contributed by atoms with Crippen molar-refractivity contribution in [3.05, 3.63) is 29.8 Å². The molecule has 0 saturated carbocycles. The van der Waals surface area contributed by atoms with Crippen molar-refractivity contribution in [3.8, 4) is 0 Å². The number of rotatable bonds is 5. The second-order valence-corrected chi connectivity index (χ2v) is 5.74. The molecule has 1 amide bonds. The first-order valence-electron chi connectivity index (χ1n) is 6.09. The van der Waals surface area contributed by atoms with Crippen LogP contribution in [0.5, 0.6) is 0 Å². The molecular formula is C14H21NOS.